The molecule has 0 saturated heterocycles. The second-order valence-corrected chi connectivity index (χ2v) is 4.99. The minimum Gasteiger partial charge on any atom is -0.481 e. The predicted molar refractivity (Wildman–Crippen MR) is 49.7 cm³/mol. The Morgan fingerprint density at radius 1 is 0.938 bits per heavy atom. The first-order valence-corrected chi connectivity index (χ1v) is 5.01. The van der Waals surface area contributed by atoms with Crippen LogP contribution in [0.4, 0.5) is 0 Å². The van der Waals surface area contributed by atoms with Crippen molar-refractivity contribution in [1.29, 1.82) is 0 Å². The summed E-state index contributed by atoms with van der Waals surface area (Å²) in [6, 6.07) is 0. The van der Waals surface area contributed by atoms with E-state index in [1.54, 1.807) is 0 Å². The Kier molecular flexibility index (Phi) is 2.02. The fraction of sp³-hybridized carbons (Fsp3) is 0.700. The molecule has 0 amide bonds. The molecule has 0 bridgehead atoms. The van der Waals surface area contributed by atoms with Crippen LogP contribution in [0.5, 0.6) is 0 Å². The van der Waals surface area contributed by atoms with Crippen LogP contribution < -0.4 is 0 Å². The lowest BCUT2D eigenvalue weighted by Crippen LogP contribution is -2.61. The number of aliphatic carboxylic acids is 3. The number of hydrogen-bond acceptors (Lipinski definition) is 3. The number of carbonyl (C=O) groups is 3. The van der Waals surface area contributed by atoms with Crippen LogP contribution in [0.15, 0.2) is 0 Å². The van der Waals surface area contributed by atoms with Gasteiger partial charge in [-0.25, -0.2) is 0 Å². The van der Waals surface area contributed by atoms with Crippen LogP contribution in [-0.4, -0.2) is 33.2 Å². The van der Waals surface area contributed by atoms with Gasteiger partial charge < -0.3 is 15.3 Å². The van der Waals surface area contributed by atoms with Crippen LogP contribution in [0.1, 0.15) is 25.7 Å². The molecule has 6 nitrogen and oxygen atoms in total. The van der Waals surface area contributed by atoms with Gasteiger partial charge in [0, 0.05) is 0 Å². The van der Waals surface area contributed by atoms with Gasteiger partial charge in [-0.1, -0.05) is 0 Å². The Labute approximate surface area is 90.9 Å². The normalized spacial score (nSPS) is 25.5. The monoisotopic (exact) mass is 228 g/mol. The van der Waals surface area contributed by atoms with E-state index in [4.69, 9.17) is 15.3 Å². The number of hydrogen-bond donors (Lipinski definition) is 3. The molecule has 0 unspecified atom stereocenters. The summed E-state index contributed by atoms with van der Waals surface area (Å²) < 4.78 is 0. The average Bonchev–Trinajstić information content (AvgIpc) is 1.96. The lowest BCUT2D eigenvalue weighted by atomic mass is 9.42. The molecule has 0 aromatic rings. The molecule has 1 spiro atoms. The first-order valence-electron chi connectivity index (χ1n) is 5.01. The molecule has 6 heteroatoms. The van der Waals surface area contributed by atoms with E-state index in [2.05, 4.69) is 0 Å². The van der Waals surface area contributed by atoms with Crippen molar-refractivity contribution in [2.45, 2.75) is 25.7 Å². The molecule has 2 fully saturated rings. The maximum absolute atomic E-state index is 10.9. The van der Waals surface area contributed by atoms with Crippen molar-refractivity contribution in [3.63, 3.8) is 0 Å². The zero-order chi connectivity index (χ0) is 12.1. The van der Waals surface area contributed by atoms with Gasteiger partial charge in [-0.3, -0.25) is 14.4 Å². The van der Waals surface area contributed by atoms with Crippen molar-refractivity contribution < 1.29 is 29.7 Å². The van der Waals surface area contributed by atoms with E-state index >= 15 is 0 Å². The third-order valence-corrected chi connectivity index (χ3v) is 3.88. The van der Waals surface area contributed by atoms with Gasteiger partial charge in [0.1, 0.15) is 0 Å². The van der Waals surface area contributed by atoms with Crippen molar-refractivity contribution >= 4 is 17.9 Å². The molecule has 16 heavy (non-hydrogen) atoms. The minimum absolute atomic E-state index is 0.0639. The van der Waals surface area contributed by atoms with E-state index in [0.717, 1.165) is 0 Å². The Morgan fingerprint density at radius 3 is 1.69 bits per heavy atom. The molecule has 0 aliphatic heterocycles. The molecule has 2 saturated carbocycles. The van der Waals surface area contributed by atoms with Crippen LogP contribution >= 0.6 is 0 Å². The fourth-order valence-electron chi connectivity index (χ4n) is 3.07. The van der Waals surface area contributed by atoms with Gasteiger partial charge in [-0.05, 0) is 31.1 Å². The SMILES string of the molecule is O=C(O)C1CC2(C1)CC(C(=O)O)(C(=O)O)C2. The van der Waals surface area contributed by atoms with Gasteiger partial charge in [0.25, 0.3) is 0 Å². The fourth-order valence-corrected chi connectivity index (χ4v) is 3.07. The average molecular weight is 228 g/mol. The summed E-state index contributed by atoms with van der Waals surface area (Å²) in [7, 11) is 0. The summed E-state index contributed by atoms with van der Waals surface area (Å²) in [6.45, 7) is 0. The highest BCUT2D eigenvalue weighted by atomic mass is 16.4. The summed E-state index contributed by atoms with van der Waals surface area (Å²) >= 11 is 0. The van der Waals surface area contributed by atoms with Gasteiger partial charge >= 0.3 is 17.9 Å². The molecule has 0 heterocycles. The van der Waals surface area contributed by atoms with Crippen molar-refractivity contribution in [3.05, 3.63) is 0 Å². The van der Waals surface area contributed by atoms with E-state index < -0.39 is 29.2 Å². The summed E-state index contributed by atoms with van der Waals surface area (Å²) in [6.07, 6.45) is 0.943. The standard InChI is InChI=1S/C10H12O6/c11-6(12)5-1-9(2-5)3-10(4-9,7(13)14)8(15)16/h5H,1-4H2,(H,11,12)(H,13,14)(H,15,16). The quantitative estimate of drug-likeness (QED) is 0.603. The zero-order valence-electron chi connectivity index (χ0n) is 8.47. The summed E-state index contributed by atoms with van der Waals surface area (Å²) in [5.74, 6) is -3.94. The predicted octanol–water partition coefficient (Wildman–Crippen LogP) is 0.417. The van der Waals surface area contributed by atoms with Crippen LogP contribution in [-0.2, 0) is 14.4 Å². The van der Waals surface area contributed by atoms with E-state index in [9.17, 15) is 14.4 Å². The number of carboxylic acid groups (broad SMARTS) is 3. The molecule has 2 aliphatic rings. The van der Waals surface area contributed by atoms with Crippen molar-refractivity contribution in [1.82, 2.24) is 0 Å². The third-order valence-electron chi connectivity index (χ3n) is 3.88. The first kappa shape index (κ1) is 10.9. The zero-order valence-corrected chi connectivity index (χ0v) is 8.47. The second-order valence-electron chi connectivity index (χ2n) is 4.99. The molecule has 2 aliphatic carbocycles. The third kappa shape index (κ3) is 1.22. The molecule has 0 radical (unpaired) electrons. The summed E-state index contributed by atoms with van der Waals surface area (Å²) in [4.78, 5) is 32.4. The lowest BCUT2D eigenvalue weighted by Gasteiger charge is -2.59. The van der Waals surface area contributed by atoms with E-state index in [0.29, 0.717) is 12.8 Å². The highest BCUT2D eigenvalue weighted by Gasteiger charge is 2.68. The van der Waals surface area contributed by atoms with Gasteiger partial charge in [0.2, 0.25) is 0 Å². The Hall–Kier alpha value is -1.59. The molecule has 2 rings (SSSR count). The minimum atomic E-state index is -1.68. The van der Waals surface area contributed by atoms with Gasteiger partial charge in [-0.15, -0.1) is 0 Å². The highest BCUT2D eigenvalue weighted by Crippen LogP contribution is 2.66. The van der Waals surface area contributed by atoms with E-state index in [-0.39, 0.29) is 18.3 Å². The molecular formula is C10H12O6. The molecule has 0 atom stereocenters. The van der Waals surface area contributed by atoms with Crippen LogP contribution in [0.3, 0.4) is 0 Å². The lowest BCUT2D eigenvalue weighted by molar-refractivity contribution is -0.198. The van der Waals surface area contributed by atoms with Crippen molar-refractivity contribution in [3.8, 4) is 0 Å². The van der Waals surface area contributed by atoms with Gasteiger partial charge in [0.15, 0.2) is 5.41 Å². The van der Waals surface area contributed by atoms with Crippen LogP contribution in [0.2, 0.25) is 0 Å². The maximum atomic E-state index is 10.9. The largest absolute Gasteiger partial charge is 0.481 e. The highest BCUT2D eigenvalue weighted by molar-refractivity contribution is 5.99. The van der Waals surface area contributed by atoms with Crippen molar-refractivity contribution in [2.75, 3.05) is 0 Å². The van der Waals surface area contributed by atoms with E-state index in [1.165, 1.54) is 0 Å². The molecule has 0 aromatic carbocycles. The maximum Gasteiger partial charge on any atom is 0.321 e. The molecule has 0 aromatic heterocycles. The number of carboxylic acids is 3. The Bertz CT molecular complexity index is 355. The summed E-state index contributed by atoms with van der Waals surface area (Å²) in [5, 5.41) is 26.5. The first-order chi connectivity index (χ1) is 7.31. The van der Waals surface area contributed by atoms with Gasteiger partial charge in [0.05, 0.1) is 5.92 Å². The van der Waals surface area contributed by atoms with Crippen molar-refractivity contribution in [2.24, 2.45) is 16.7 Å². The summed E-state index contributed by atoms with van der Waals surface area (Å²) in [5.41, 5.74) is -2.02. The topological polar surface area (TPSA) is 112 Å². The second kappa shape index (κ2) is 2.96. The molecular weight excluding hydrogens is 216 g/mol. The molecule has 88 valence electrons. The van der Waals surface area contributed by atoms with Crippen LogP contribution in [0, 0.1) is 16.7 Å². The number of rotatable bonds is 3. The van der Waals surface area contributed by atoms with E-state index in [1.807, 2.05) is 0 Å². The van der Waals surface area contributed by atoms with Crippen LogP contribution in [0.25, 0.3) is 0 Å². The smallest absolute Gasteiger partial charge is 0.321 e. The molecule has 3 N–H and O–H groups in total. The Balaban J connectivity index is 2.02. The Morgan fingerprint density at radius 2 is 1.38 bits per heavy atom. The van der Waals surface area contributed by atoms with Gasteiger partial charge in [-0.2, -0.15) is 0 Å².